The lowest BCUT2D eigenvalue weighted by molar-refractivity contribution is 0.245. The summed E-state index contributed by atoms with van der Waals surface area (Å²) in [6, 6.07) is 7.27. The van der Waals surface area contributed by atoms with Gasteiger partial charge in [0.2, 0.25) is 0 Å². The fraction of sp³-hybridized carbons (Fsp3) is 0.273. The molecule has 1 aromatic heterocycles. The van der Waals surface area contributed by atoms with Crippen LogP contribution in [0.5, 0.6) is 5.75 Å². The molecule has 6 nitrogen and oxygen atoms in total. The first-order valence-electron chi connectivity index (χ1n) is 9.90. The van der Waals surface area contributed by atoms with Gasteiger partial charge in [0.05, 0.1) is 19.0 Å². The van der Waals surface area contributed by atoms with Crippen LogP contribution in [0.1, 0.15) is 5.56 Å². The highest BCUT2D eigenvalue weighted by atomic mass is 35.5. The summed E-state index contributed by atoms with van der Waals surface area (Å²) in [6.45, 7) is 2.93. The van der Waals surface area contributed by atoms with Crippen molar-refractivity contribution in [1.82, 2.24) is 14.7 Å². The number of hydrogen-bond acceptors (Lipinski definition) is 5. The number of halogens is 4. The summed E-state index contributed by atoms with van der Waals surface area (Å²) in [6.07, 6.45) is 1.40. The topological polar surface area (TPSA) is 50.6 Å². The van der Waals surface area contributed by atoms with Gasteiger partial charge in [0.1, 0.15) is 28.1 Å². The number of rotatable bonds is 5. The number of aromatic nitrogens is 2. The summed E-state index contributed by atoms with van der Waals surface area (Å²) in [5, 5.41) is 3.94. The van der Waals surface area contributed by atoms with Crippen LogP contribution < -0.4 is 15.2 Å². The van der Waals surface area contributed by atoms with E-state index < -0.39 is 17.2 Å². The fourth-order valence-corrected chi connectivity index (χ4v) is 3.98. The van der Waals surface area contributed by atoms with Gasteiger partial charge in [-0.15, -0.1) is 0 Å². The normalized spacial score (nSPS) is 14.6. The number of benzene rings is 2. The Hall–Kier alpha value is -3.04. The van der Waals surface area contributed by atoms with Crippen molar-refractivity contribution >= 4 is 17.3 Å². The molecule has 168 valence electrons. The second-order valence-electron chi connectivity index (χ2n) is 7.38. The zero-order chi connectivity index (χ0) is 22.8. The zero-order valence-electron chi connectivity index (χ0n) is 17.2. The molecule has 0 radical (unpaired) electrons. The number of piperazine rings is 1. The molecule has 0 saturated carbocycles. The smallest absolute Gasteiger partial charge is 0.292 e. The molecule has 4 rings (SSSR count). The van der Waals surface area contributed by atoms with E-state index in [0.717, 1.165) is 22.4 Å². The molecule has 0 amide bonds. The summed E-state index contributed by atoms with van der Waals surface area (Å²) < 4.78 is 47.0. The number of nitrogens with zero attached hydrogens (tertiary/aromatic N) is 4. The van der Waals surface area contributed by atoms with Crippen molar-refractivity contribution in [1.29, 1.82) is 0 Å². The molecule has 3 aromatic rings. The minimum Gasteiger partial charge on any atom is -0.496 e. The summed E-state index contributed by atoms with van der Waals surface area (Å²) in [5.74, 6) is -1.37. The molecule has 0 bridgehead atoms. The molecule has 2 aromatic carbocycles. The zero-order valence-corrected chi connectivity index (χ0v) is 18.0. The van der Waals surface area contributed by atoms with Gasteiger partial charge in [-0.3, -0.25) is 9.69 Å². The van der Waals surface area contributed by atoms with Crippen molar-refractivity contribution in [3.8, 4) is 11.4 Å². The highest BCUT2D eigenvalue weighted by Gasteiger charge is 2.23. The number of methoxy groups -OCH3 is 1. The maximum atomic E-state index is 14.1. The van der Waals surface area contributed by atoms with Crippen molar-refractivity contribution in [2.75, 3.05) is 38.2 Å². The first-order chi connectivity index (χ1) is 15.4. The Morgan fingerprint density at radius 3 is 2.38 bits per heavy atom. The van der Waals surface area contributed by atoms with Crippen LogP contribution in [0.3, 0.4) is 0 Å². The molecule has 0 aliphatic carbocycles. The first kappa shape index (κ1) is 22.2. The first-order valence-corrected chi connectivity index (χ1v) is 10.3. The summed E-state index contributed by atoms with van der Waals surface area (Å²) in [4.78, 5) is 16.8. The van der Waals surface area contributed by atoms with E-state index in [1.807, 2.05) is 4.90 Å². The predicted octanol–water partition coefficient (Wildman–Crippen LogP) is 3.63. The van der Waals surface area contributed by atoms with Crippen LogP contribution in [0.4, 0.5) is 18.9 Å². The van der Waals surface area contributed by atoms with Crippen LogP contribution in [0.2, 0.25) is 5.02 Å². The highest BCUT2D eigenvalue weighted by Crippen LogP contribution is 2.25. The van der Waals surface area contributed by atoms with Gasteiger partial charge in [0.25, 0.3) is 5.56 Å². The van der Waals surface area contributed by atoms with Gasteiger partial charge in [0.15, 0.2) is 5.82 Å². The Labute approximate surface area is 187 Å². The van der Waals surface area contributed by atoms with Crippen LogP contribution in [0, 0.1) is 17.5 Å². The lowest BCUT2D eigenvalue weighted by Crippen LogP contribution is -2.46. The van der Waals surface area contributed by atoms with E-state index in [2.05, 4.69) is 10.00 Å². The predicted molar refractivity (Wildman–Crippen MR) is 115 cm³/mol. The van der Waals surface area contributed by atoms with Gasteiger partial charge in [0, 0.05) is 44.4 Å². The second-order valence-corrected chi connectivity index (χ2v) is 7.75. The molecule has 1 aliphatic heterocycles. The highest BCUT2D eigenvalue weighted by molar-refractivity contribution is 6.33. The number of ether oxygens (including phenoxy) is 1. The molecule has 1 fully saturated rings. The van der Waals surface area contributed by atoms with Crippen LogP contribution >= 0.6 is 11.6 Å². The minimum absolute atomic E-state index is 0.0935. The molecular weight excluding hydrogens is 445 g/mol. The molecule has 2 heterocycles. The van der Waals surface area contributed by atoms with Crippen molar-refractivity contribution in [3.05, 3.63) is 81.0 Å². The molecule has 1 aliphatic rings. The van der Waals surface area contributed by atoms with E-state index in [1.54, 1.807) is 13.2 Å². The Morgan fingerprint density at radius 2 is 1.69 bits per heavy atom. The lowest BCUT2D eigenvalue weighted by Gasteiger charge is -2.36. The fourth-order valence-electron chi connectivity index (χ4n) is 3.73. The summed E-state index contributed by atoms with van der Waals surface area (Å²) in [5.41, 5.74) is 0.323. The Kier molecular flexibility index (Phi) is 6.38. The number of hydrogen-bond donors (Lipinski definition) is 0. The molecule has 0 N–H and O–H groups in total. The molecule has 1 saturated heterocycles. The van der Waals surface area contributed by atoms with Gasteiger partial charge in [-0.05, 0) is 30.3 Å². The van der Waals surface area contributed by atoms with Gasteiger partial charge in [-0.2, -0.15) is 9.78 Å². The Morgan fingerprint density at radius 1 is 1.00 bits per heavy atom. The van der Waals surface area contributed by atoms with Gasteiger partial charge in [-0.25, -0.2) is 13.2 Å². The molecular formula is C22H20ClF3N4O2. The van der Waals surface area contributed by atoms with Gasteiger partial charge >= 0.3 is 0 Å². The van der Waals surface area contributed by atoms with Crippen LogP contribution in [-0.4, -0.2) is 48.0 Å². The molecule has 32 heavy (non-hydrogen) atoms. The van der Waals surface area contributed by atoms with E-state index in [1.165, 1.54) is 18.3 Å². The molecule has 10 heteroatoms. The van der Waals surface area contributed by atoms with Crippen molar-refractivity contribution in [2.24, 2.45) is 0 Å². The van der Waals surface area contributed by atoms with Crippen LogP contribution in [-0.2, 0) is 6.54 Å². The van der Waals surface area contributed by atoms with Gasteiger partial charge < -0.3 is 9.64 Å². The molecule has 0 unspecified atom stereocenters. The van der Waals surface area contributed by atoms with Crippen molar-refractivity contribution < 1.29 is 17.9 Å². The molecule has 0 atom stereocenters. The van der Waals surface area contributed by atoms with Crippen molar-refractivity contribution in [3.63, 3.8) is 0 Å². The maximum Gasteiger partial charge on any atom is 0.292 e. The van der Waals surface area contributed by atoms with E-state index in [4.69, 9.17) is 16.3 Å². The summed E-state index contributed by atoms with van der Waals surface area (Å²) >= 11 is 6.31. The SMILES string of the molecule is COc1ccc(F)cc1CN1CCN(c2cnn(-c3ccc(F)cc3F)c(=O)c2Cl)CC1. The third-order valence-corrected chi connectivity index (χ3v) is 5.74. The molecule has 0 spiro atoms. The minimum atomic E-state index is -0.912. The van der Waals surface area contributed by atoms with Gasteiger partial charge in [-0.1, -0.05) is 11.6 Å². The third-order valence-electron chi connectivity index (χ3n) is 5.39. The van der Waals surface area contributed by atoms with E-state index in [9.17, 15) is 18.0 Å². The van der Waals surface area contributed by atoms with Crippen LogP contribution in [0.25, 0.3) is 5.69 Å². The van der Waals surface area contributed by atoms with Crippen LogP contribution in [0.15, 0.2) is 47.4 Å². The maximum absolute atomic E-state index is 14.1. The standard InChI is InChI=1S/C22H20ClF3N4O2/c1-32-20-5-3-15(24)10-14(20)13-28-6-8-29(9-7-28)19-12-27-30(22(31)21(19)23)18-4-2-16(25)11-17(18)26/h2-5,10-12H,6-9,13H2,1H3. The van der Waals surface area contributed by atoms with E-state index >= 15 is 0 Å². The second kappa shape index (κ2) is 9.22. The average molecular weight is 465 g/mol. The third kappa shape index (κ3) is 4.44. The average Bonchev–Trinajstić information content (AvgIpc) is 2.77. The van der Waals surface area contributed by atoms with Crippen molar-refractivity contribution in [2.45, 2.75) is 6.54 Å². The largest absolute Gasteiger partial charge is 0.496 e. The quantitative estimate of drug-likeness (QED) is 0.577. The van der Waals surface area contributed by atoms with E-state index in [-0.39, 0.29) is 16.5 Å². The lowest BCUT2D eigenvalue weighted by atomic mass is 10.1. The monoisotopic (exact) mass is 464 g/mol. The van der Waals surface area contributed by atoms with E-state index in [0.29, 0.717) is 50.2 Å². The summed E-state index contributed by atoms with van der Waals surface area (Å²) in [7, 11) is 1.55. The Balaban J connectivity index is 1.49. The Bertz CT molecular complexity index is 1200. The number of anilines is 1.